The van der Waals surface area contributed by atoms with E-state index in [1.807, 2.05) is 0 Å². The van der Waals surface area contributed by atoms with Crippen molar-refractivity contribution >= 4 is 58.1 Å². The van der Waals surface area contributed by atoms with Crippen LogP contribution >= 0.6 is 46.4 Å². The third-order valence-electron chi connectivity index (χ3n) is 1.55. The molecule has 3 N–H and O–H groups in total. The number of carbonyl (C=O) groups is 1. The minimum absolute atomic E-state index is 0.163. The van der Waals surface area contributed by atoms with Crippen LogP contribution < -0.4 is 16.2 Å². The topological polar surface area (TPSA) is 53.2 Å². The molecule has 0 aliphatic heterocycles. The number of urea groups is 1. The molecule has 1 rings (SSSR count). The number of nitrogens with one attached hydrogen (secondary N) is 3. The molecule has 0 bridgehead atoms. The van der Waals surface area contributed by atoms with Crippen molar-refractivity contribution in [3.63, 3.8) is 0 Å². The van der Waals surface area contributed by atoms with Gasteiger partial charge in [0, 0.05) is 5.02 Å². The average molecular weight is 315 g/mol. The van der Waals surface area contributed by atoms with E-state index in [9.17, 15) is 4.79 Å². The first-order valence-electron chi connectivity index (χ1n) is 4.28. The van der Waals surface area contributed by atoms with Crippen molar-refractivity contribution in [3.8, 4) is 0 Å². The van der Waals surface area contributed by atoms with Crippen LogP contribution in [-0.4, -0.2) is 6.03 Å². The summed E-state index contributed by atoms with van der Waals surface area (Å²) in [6.45, 7) is 0. The summed E-state index contributed by atoms with van der Waals surface area (Å²) in [5, 5.41) is 2.64. The smallest absolute Gasteiger partial charge is 0.297 e. The molecule has 0 atom stereocenters. The highest BCUT2D eigenvalue weighted by atomic mass is 35.5. The molecule has 92 valence electrons. The number of anilines is 1. The fourth-order valence-electron chi connectivity index (χ4n) is 0.840. The van der Waals surface area contributed by atoms with Gasteiger partial charge in [-0.25, -0.2) is 4.79 Å². The van der Waals surface area contributed by atoms with Crippen LogP contribution in [0.5, 0.6) is 0 Å². The number of carbonyl (C=O) groups excluding carboxylic acids is 1. The first-order chi connectivity index (χ1) is 7.99. The molecule has 1 aromatic carbocycles. The Kier molecular flexibility index (Phi) is 5.71. The molecule has 4 nitrogen and oxygen atoms in total. The summed E-state index contributed by atoms with van der Waals surface area (Å²) in [4.78, 5) is 11.3. The summed E-state index contributed by atoms with van der Waals surface area (Å²) >= 11 is 21.9. The quantitative estimate of drug-likeness (QED) is 0.587. The highest BCUT2D eigenvalue weighted by Crippen LogP contribution is 2.15. The van der Waals surface area contributed by atoms with Crippen molar-refractivity contribution in [1.82, 2.24) is 10.7 Å². The number of hydrazine groups is 1. The number of hydrogen-bond acceptors (Lipinski definition) is 2. The second kappa shape index (κ2) is 6.81. The Labute approximate surface area is 118 Å². The lowest BCUT2D eigenvalue weighted by Crippen LogP contribution is -2.37. The highest BCUT2D eigenvalue weighted by molar-refractivity contribution is 6.59. The molecule has 17 heavy (non-hydrogen) atoms. The number of hydrogen-bond donors (Lipinski definition) is 3. The van der Waals surface area contributed by atoms with E-state index in [4.69, 9.17) is 46.4 Å². The summed E-state index contributed by atoms with van der Waals surface area (Å²) in [5.41, 5.74) is 5.61. The van der Waals surface area contributed by atoms with Crippen molar-refractivity contribution in [1.29, 1.82) is 0 Å². The SMILES string of the molecule is O=C(NNc1ccc(Cl)cc1)NC(Cl)=C(Cl)Cl. The van der Waals surface area contributed by atoms with Crippen LogP contribution in [0.2, 0.25) is 5.02 Å². The molecule has 1 aromatic rings. The minimum Gasteiger partial charge on any atom is -0.297 e. The Bertz CT molecular complexity index is 428. The Morgan fingerprint density at radius 1 is 1.06 bits per heavy atom. The fourth-order valence-corrected chi connectivity index (χ4v) is 1.15. The number of rotatable bonds is 3. The fraction of sp³-hybridized carbons (Fsp3) is 0. The van der Waals surface area contributed by atoms with Crippen LogP contribution in [0, 0.1) is 0 Å². The molecule has 0 aliphatic carbocycles. The average Bonchev–Trinajstić information content (AvgIpc) is 2.28. The monoisotopic (exact) mass is 313 g/mol. The van der Waals surface area contributed by atoms with Gasteiger partial charge in [-0.1, -0.05) is 46.4 Å². The minimum atomic E-state index is -0.608. The van der Waals surface area contributed by atoms with E-state index < -0.39 is 6.03 Å². The van der Waals surface area contributed by atoms with E-state index in [1.165, 1.54) is 0 Å². The second-order valence-electron chi connectivity index (χ2n) is 2.79. The molecule has 0 unspecified atom stereocenters. The third kappa shape index (κ3) is 5.37. The maximum absolute atomic E-state index is 11.3. The normalized spacial score (nSPS) is 9.41. The molecule has 8 heteroatoms. The van der Waals surface area contributed by atoms with Gasteiger partial charge < -0.3 is 0 Å². The largest absolute Gasteiger partial charge is 0.338 e. The van der Waals surface area contributed by atoms with Crippen LogP contribution in [0.1, 0.15) is 0 Å². The van der Waals surface area contributed by atoms with Gasteiger partial charge in [0.2, 0.25) is 0 Å². The molecule has 0 saturated carbocycles. The Morgan fingerprint density at radius 3 is 2.18 bits per heavy atom. The first kappa shape index (κ1) is 14.3. The van der Waals surface area contributed by atoms with Gasteiger partial charge in [0.1, 0.15) is 9.65 Å². The summed E-state index contributed by atoms with van der Waals surface area (Å²) in [6, 6.07) is 6.12. The second-order valence-corrected chi connectivity index (χ2v) is 4.55. The van der Waals surface area contributed by atoms with E-state index in [0.717, 1.165) is 0 Å². The number of halogens is 4. The van der Waals surface area contributed by atoms with Crippen molar-refractivity contribution in [3.05, 3.63) is 38.9 Å². The first-order valence-corrected chi connectivity index (χ1v) is 5.79. The van der Waals surface area contributed by atoms with Crippen molar-refractivity contribution in [2.45, 2.75) is 0 Å². The number of amides is 2. The summed E-state index contributed by atoms with van der Waals surface area (Å²) < 4.78 is -0.228. The van der Waals surface area contributed by atoms with Crippen LogP contribution in [0.3, 0.4) is 0 Å². The van der Waals surface area contributed by atoms with E-state index in [0.29, 0.717) is 10.7 Å². The predicted molar refractivity (Wildman–Crippen MR) is 71.3 cm³/mol. The van der Waals surface area contributed by atoms with Gasteiger partial charge in [-0.3, -0.25) is 16.2 Å². The maximum Gasteiger partial charge on any atom is 0.338 e. The van der Waals surface area contributed by atoms with E-state index in [2.05, 4.69) is 16.2 Å². The lowest BCUT2D eigenvalue weighted by molar-refractivity contribution is 0.245. The van der Waals surface area contributed by atoms with Gasteiger partial charge in [0.15, 0.2) is 0 Å². The molecule has 0 fully saturated rings. The zero-order valence-electron chi connectivity index (χ0n) is 8.23. The van der Waals surface area contributed by atoms with Gasteiger partial charge in [-0.05, 0) is 24.3 Å². The highest BCUT2D eigenvalue weighted by Gasteiger charge is 2.04. The van der Waals surface area contributed by atoms with E-state index in [-0.39, 0.29) is 9.65 Å². The Hall–Kier alpha value is -0.810. The Balaban J connectivity index is 2.44. The van der Waals surface area contributed by atoms with Gasteiger partial charge in [-0.15, -0.1) is 0 Å². The third-order valence-corrected chi connectivity index (χ3v) is 2.66. The van der Waals surface area contributed by atoms with Crippen LogP contribution in [0.4, 0.5) is 10.5 Å². The van der Waals surface area contributed by atoms with Crippen LogP contribution in [0.15, 0.2) is 33.9 Å². The van der Waals surface area contributed by atoms with Gasteiger partial charge in [-0.2, -0.15) is 0 Å². The standard InChI is InChI=1S/C9H7Cl4N3O/c10-5-1-3-6(4-2-5)15-16-9(17)14-8(13)7(11)12/h1-4,15H,(H2,14,16,17). The Morgan fingerprint density at radius 2 is 1.65 bits per heavy atom. The summed E-state index contributed by atoms with van der Waals surface area (Å²) in [6.07, 6.45) is 0. The zero-order valence-corrected chi connectivity index (χ0v) is 11.3. The van der Waals surface area contributed by atoms with Crippen molar-refractivity contribution in [2.75, 3.05) is 5.43 Å². The summed E-state index contributed by atoms with van der Waals surface area (Å²) in [7, 11) is 0. The van der Waals surface area contributed by atoms with Crippen molar-refractivity contribution < 1.29 is 4.79 Å². The van der Waals surface area contributed by atoms with E-state index in [1.54, 1.807) is 24.3 Å². The van der Waals surface area contributed by atoms with Gasteiger partial charge in [0.25, 0.3) is 0 Å². The lowest BCUT2D eigenvalue weighted by atomic mass is 10.3. The molecule has 0 spiro atoms. The predicted octanol–water partition coefficient (Wildman–Crippen LogP) is 3.81. The maximum atomic E-state index is 11.3. The number of benzene rings is 1. The summed E-state index contributed by atoms with van der Waals surface area (Å²) in [5.74, 6) is 0. The van der Waals surface area contributed by atoms with Crippen LogP contribution in [-0.2, 0) is 0 Å². The van der Waals surface area contributed by atoms with Crippen LogP contribution in [0.25, 0.3) is 0 Å². The zero-order chi connectivity index (χ0) is 12.8. The molecule has 0 heterocycles. The molecule has 0 saturated heterocycles. The van der Waals surface area contributed by atoms with Crippen molar-refractivity contribution in [2.24, 2.45) is 0 Å². The lowest BCUT2D eigenvalue weighted by Gasteiger charge is -2.09. The molecule has 0 aliphatic rings. The van der Waals surface area contributed by atoms with Gasteiger partial charge in [0.05, 0.1) is 5.69 Å². The molecular formula is C9H7Cl4N3O. The van der Waals surface area contributed by atoms with E-state index >= 15 is 0 Å². The van der Waals surface area contributed by atoms with Gasteiger partial charge >= 0.3 is 6.03 Å². The molecule has 0 aromatic heterocycles. The molecular weight excluding hydrogens is 308 g/mol. The molecule has 2 amide bonds. The molecule has 0 radical (unpaired) electrons.